The molecule has 1 saturated carbocycles. The van der Waals surface area contributed by atoms with E-state index in [-0.39, 0.29) is 5.75 Å². The standard InChI is InChI=1S/C17H26FNO/c1-17(2,3)13-6-4-5-7-15(13)19-11-12-8-9-16(20)14(18)10-12/h8-10,13,15,19-20H,4-7,11H2,1-3H3. The Bertz CT molecular complexity index is 453. The quantitative estimate of drug-likeness (QED) is 0.868. The molecule has 1 aliphatic carbocycles. The lowest BCUT2D eigenvalue weighted by atomic mass is 9.69. The van der Waals surface area contributed by atoms with Gasteiger partial charge in [0.2, 0.25) is 0 Å². The molecule has 3 heteroatoms. The third-order valence-corrected chi connectivity index (χ3v) is 4.46. The summed E-state index contributed by atoms with van der Waals surface area (Å²) in [6, 6.07) is 5.12. The van der Waals surface area contributed by atoms with Crippen molar-refractivity contribution >= 4 is 0 Å². The van der Waals surface area contributed by atoms with E-state index in [2.05, 4.69) is 26.1 Å². The number of benzene rings is 1. The molecule has 0 saturated heterocycles. The molecular formula is C17H26FNO. The third-order valence-electron chi connectivity index (χ3n) is 4.46. The van der Waals surface area contributed by atoms with Gasteiger partial charge in [-0.05, 0) is 41.9 Å². The van der Waals surface area contributed by atoms with E-state index in [1.165, 1.54) is 37.8 Å². The molecule has 0 amide bonds. The first-order valence-corrected chi connectivity index (χ1v) is 7.58. The fraction of sp³-hybridized carbons (Fsp3) is 0.647. The van der Waals surface area contributed by atoms with Gasteiger partial charge in [0.1, 0.15) is 0 Å². The van der Waals surface area contributed by atoms with Gasteiger partial charge in [0, 0.05) is 12.6 Å². The zero-order chi connectivity index (χ0) is 14.8. The van der Waals surface area contributed by atoms with E-state index in [4.69, 9.17) is 0 Å². The van der Waals surface area contributed by atoms with Crippen molar-refractivity contribution in [1.29, 1.82) is 0 Å². The van der Waals surface area contributed by atoms with Crippen LogP contribution < -0.4 is 5.32 Å². The molecule has 2 nitrogen and oxygen atoms in total. The van der Waals surface area contributed by atoms with Crippen LogP contribution in [0, 0.1) is 17.2 Å². The van der Waals surface area contributed by atoms with E-state index in [1.807, 2.05) is 0 Å². The van der Waals surface area contributed by atoms with Crippen LogP contribution in [0.15, 0.2) is 18.2 Å². The summed E-state index contributed by atoms with van der Waals surface area (Å²) in [5, 5.41) is 12.8. The summed E-state index contributed by atoms with van der Waals surface area (Å²) >= 11 is 0. The number of nitrogens with one attached hydrogen (secondary N) is 1. The van der Waals surface area contributed by atoms with Gasteiger partial charge >= 0.3 is 0 Å². The van der Waals surface area contributed by atoms with Crippen LogP contribution in [0.1, 0.15) is 52.0 Å². The van der Waals surface area contributed by atoms with E-state index >= 15 is 0 Å². The van der Waals surface area contributed by atoms with Gasteiger partial charge in [-0.15, -0.1) is 0 Å². The minimum absolute atomic E-state index is 0.279. The minimum Gasteiger partial charge on any atom is -0.505 e. The molecule has 1 aromatic carbocycles. The van der Waals surface area contributed by atoms with Crippen LogP contribution in [0.4, 0.5) is 4.39 Å². The lowest BCUT2D eigenvalue weighted by Gasteiger charge is -2.41. The predicted molar refractivity (Wildman–Crippen MR) is 80.1 cm³/mol. The summed E-state index contributed by atoms with van der Waals surface area (Å²) in [6.07, 6.45) is 5.05. The summed E-state index contributed by atoms with van der Waals surface area (Å²) < 4.78 is 13.3. The fourth-order valence-corrected chi connectivity index (χ4v) is 3.32. The number of phenols is 1. The van der Waals surface area contributed by atoms with Gasteiger partial charge in [-0.2, -0.15) is 0 Å². The highest BCUT2D eigenvalue weighted by atomic mass is 19.1. The second-order valence-electron chi connectivity index (χ2n) is 7.03. The minimum atomic E-state index is -0.541. The molecule has 0 radical (unpaired) electrons. The second kappa shape index (κ2) is 6.13. The highest BCUT2D eigenvalue weighted by molar-refractivity contribution is 5.27. The number of halogens is 1. The summed E-state index contributed by atoms with van der Waals surface area (Å²) in [6.45, 7) is 7.57. The zero-order valence-corrected chi connectivity index (χ0v) is 12.7. The van der Waals surface area contributed by atoms with Gasteiger partial charge in [-0.25, -0.2) is 4.39 Å². The Hall–Kier alpha value is -1.09. The van der Waals surface area contributed by atoms with Gasteiger partial charge in [0.15, 0.2) is 11.6 Å². The van der Waals surface area contributed by atoms with Crippen molar-refractivity contribution in [2.24, 2.45) is 11.3 Å². The van der Waals surface area contributed by atoms with Crippen LogP contribution in [0.2, 0.25) is 0 Å². The first-order chi connectivity index (χ1) is 9.38. The molecule has 1 fully saturated rings. The Morgan fingerprint density at radius 3 is 2.60 bits per heavy atom. The molecule has 1 aromatic rings. The average molecular weight is 279 g/mol. The first kappa shape index (κ1) is 15.3. The summed E-state index contributed by atoms with van der Waals surface area (Å²) in [5.41, 5.74) is 1.19. The molecule has 0 aliphatic heterocycles. The third kappa shape index (κ3) is 3.72. The number of hydrogen-bond donors (Lipinski definition) is 2. The molecular weight excluding hydrogens is 253 g/mol. The molecule has 0 aromatic heterocycles. The van der Waals surface area contributed by atoms with Crippen molar-refractivity contribution in [2.45, 2.75) is 59.0 Å². The second-order valence-corrected chi connectivity index (χ2v) is 7.03. The smallest absolute Gasteiger partial charge is 0.165 e. The number of rotatable bonds is 3. The highest BCUT2D eigenvalue weighted by Gasteiger charge is 2.33. The van der Waals surface area contributed by atoms with Crippen LogP contribution in [-0.2, 0) is 6.54 Å². The summed E-state index contributed by atoms with van der Waals surface area (Å²) in [5.74, 6) is -0.155. The topological polar surface area (TPSA) is 32.3 Å². The van der Waals surface area contributed by atoms with E-state index in [0.717, 1.165) is 5.56 Å². The number of hydrogen-bond acceptors (Lipinski definition) is 2. The SMILES string of the molecule is CC(C)(C)C1CCCCC1NCc1ccc(O)c(F)c1. The molecule has 0 bridgehead atoms. The van der Waals surface area contributed by atoms with E-state index in [1.54, 1.807) is 6.07 Å². The van der Waals surface area contributed by atoms with E-state index < -0.39 is 5.82 Å². The lowest BCUT2D eigenvalue weighted by Crippen LogP contribution is -2.43. The summed E-state index contributed by atoms with van der Waals surface area (Å²) in [7, 11) is 0. The maximum Gasteiger partial charge on any atom is 0.165 e. The molecule has 2 N–H and O–H groups in total. The van der Waals surface area contributed by atoms with Crippen LogP contribution in [0.5, 0.6) is 5.75 Å². The molecule has 112 valence electrons. The molecule has 0 spiro atoms. The van der Waals surface area contributed by atoms with Crippen molar-refractivity contribution < 1.29 is 9.50 Å². The Labute approximate surface area is 121 Å². The Morgan fingerprint density at radius 2 is 1.95 bits per heavy atom. The zero-order valence-electron chi connectivity index (χ0n) is 12.7. The van der Waals surface area contributed by atoms with Crippen LogP contribution in [0.25, 0.3) is 0 Å². The van der Waals surface area contributed by atoms with Crippen molar-refractivity contribution in [3.8, 4) is 5.75 Å². The Balaban J connectivity index is 1.99. The molecule has 1 aliphatic rings. The maximum atomic E-state index is 13.3. The number of aromatic hydroxyl groups is 1. The highest BCUT2D eigenvalue weighted by Crippen LogP contribution is 2.38. The van der Waals surface area contributed by atoms with Gasteiger partial charge in [-0.3, -0.25) is 0 Å². The molecule has 2 atom stereocenters. The summed E-state index contributed by atoms with van der Waals surface area (Å²) in [4.78, 5) is 0. The van der Waals surface area contributed by atoms with Crippen LogP contribution in [0.3, 0.4) is 0 Å². The van der Waals surface area contributed by atoms with Gasteiger partial charge < -0.3 is 10.4 Å². The monoisotopic (exact) mass is 279 g/mol. The van der Waals surface area contributed by atoms with Crippen molar-refractivity contribution in [3.05, 3.63) is 29.6 Å². The predicted octanol–water partition coefficient (Wildman–Crippen LogP) is 4.23. The van der Waals surface area contributed by atoms with Crippen molar-refractivity contribution in [2.75, 3.05) is 0 Å². The fourth-order valence-electron chi connectivity index (χ4n) is 3.32. The normalized spacial score (nSPS) is 23.8. The molecule has 2 rings (SSSR count). The lowest BCUT2D eigenvalue weighted by molar-refractivity contribution is 0.130. The van der Waals surface area contributed by atoms with Crippen molar-refractivity contribution in [1.82, 2.24) is 5.32 Å². The van der Waals surface area contributed by atoms with E-state index in [9.17, 15) is 9.50 Å². The number of phenolic OH excluding ortho intramolecular Hbond substituents is 1. The van der Waals surface area contributed by atoms with Crippen LogP contribution in [-0.4, -0.2) is 11.1 Å². The Kier molecular flexibility index (Phi) is 4.69. The average Bonchev–Trinajstić information content (AvgIpc) is 2.39. The first-order valence-electron chi connectivity index (χ1n) is 7.58. The van der Waals surface area contributed by atoms with Gasteiger partial charge in [0.05, 0.1) is 0 Å². The van der Waals surface area contributed by atoms with Gasteiger partial charge in [-0.1, -0.05) is 39.7 Å². The van der Waals surface area contributed by atoms with Crippen molar-refractivity contribution in [3.63, 3.8) is 0 Å². The maximum absolute atomic E-state index is 13.3. The Morgan fingerprint density at radius 1 is 1.25 bits per heavy atom. The molecule has 20 heavy (non-hydrogen) atoms. The largest absolute Gasteiger partial charge is 0.505 e. The van der Waals surface area contributed by atoms with Crippen LogP contribution >= 0.6 is 0 Å². The molecule has 0 heterocycles. The van der Waals surface area contributed by atoms with E-state index in [0.29, 0.717) is 23.9 Å². The molecule has 2 unspecified atom stereocenters. The van der Waals surface area contributed by atoms with Gasteiger partial charge in [0.25, 0.3) is 0 Å².